The van der Waals surface area contributed by atoms with Gasteiger partial charge < -0.3 is 14.7 Å². The first-order valence-electron chi connectivity index (χ1n) is 7.95. The number of nitrogens with zero attached hydrogens (tertiary/aromatic N) is 1. The van der Waals surface area contributed by atoms with Gasteiger partial charge in [0.25, 0.3) is 0 Å². The van der Waals surface area contributed by atoms with Crippen LogP contribution in [0, 0.1) is 5.82 Å². The Bertz CT molecular complexity index is 821. The van der Waals surface area contributed by atoms with E-state index in [2.05, 4.69) is 0 Å². The summed E-state index contributed by atoms with van der Waals surface area (Å²) in [6.45, 7) is 0.310. The molecule has 3 rings (SSSR count). The van der Waals surface area contributed by atoms with E-state index >= 15 is 0 Å². The molecule has 0 fully saturated rings. The highest BCUT2D eigenvalue weighted by Crippen LogP contribution is 2.36. The fourth-order valence-corrected chi connectivity index (χ4v) is 3.22. The lowest BCUT2D eigenvalue weighted by molar-refractivity contribution is -0.139. The van der Waals surface area contributed by atoms with Crippen LogP contribution >= 0.6 is 0 Å². The Morgan fingerprint density at radius 2 is 2.04 bits per heavy atom. The number of para-hydroxylation sites is 1. The Morgan fingerprint density at radius 1 is 1.28 bits per heavy atom. The molecule has 0 spiro atoms. The van der Waals surface area contributed by atoms with Crippen LogP contribution < -0.4 is 9.64 Å². The van der Waals surface area contributed by atoms with Gasteiger partial charge in [0.05, 0.1) is 19.4 Å². The number of hydrogen-bond donors (Lipinski definition) is 1. The van der Waals surface area contributed by atoms with Crippen LogP contribution in [0.1, 0.15) is 23.5 Å². The Balaban J connectivity index is 1.90. The largest absolute Gasteiger partial charge is 0.496 e. The molecule has 130 valence electrons. The number of ether oxygens (including phenoxy) is 1. The van der Waals surface area contributed by atoms with Gasteiger partial charge in [0.15, 0.2) is 0 Å². The number of anilines is 1. The van der Waals surface area contributed by atoms with Crippen LogP contribution in [0.4, 0.5) is 10.1 Å². The smallest absolute Gasteiger partial charge is 0.311 e. The van der Waals surface area contributed by atoms with Gasteiger partial charge in [0, 0.05) is 17.8 Å². The summed E-state index contributed by atoms with van der Waals surface area (Å²) in [6, 6.07) is 11.1. The molecule has 1 aliphatic rings. The van der Waals surface area contributed by atoms with Gasteiger partial charge in [-0.3, -0.25) is 9.59 Å². The van der Waals surface area contributed by atoms with E-state index < -0.39 is 17.7 Å². The van der Waals surface area contributed by atoms with Gasteiger partial charge in [-0.25, -0.2) is 4.39 Å². The zero-order valence-corrected chi connectivity index (χ0v) is 13.7. The van der Waals surface area contributed by atoms with Crippen molar-refractivity contribution in [3.05, 3.63) is 59.4 Å². The third-order valence-corrected chi connectivity index (χ3v) is 4.43. The van der Waals surface area contributed by atoms with Gasteiger partial charge in [-0.2, -0.15) is 0 Å². The Morgan fingerprint density at radius 3 is 2.76 bits per heavy atom. The molecule has 0 saturated heterocycles. The summed E-state index contributed by atoms with van der Waals surface area (Å²) < 4.78 is 18.7. The predicted octanol–water partition coefficient (Wildman–Crippen LogP) is 2.98. The number of hydrogen-bond acceptors (Lipinski definition) is 3. The Hall–Kier alpha value is -2.89. The van der Waals surface area contributed by atoms with E-state index in [1.807, 2.05) is 0 Å². The van der Waals surface area contributed by atoms with Crippen molar-refractivity contribution in [3.63, 3.8) is 0 Å². The van der Waals surface area contributed by atoms with Crippen LogP contribution in [0.25, 0.3) is 0 Å². The van der Waals surface area contributed by atoms with Crippen molar-refractivity contribution in [3.8, 4) is 5.75 Å². The number of methoxy groups -OCH3 is 1. The number of rotatable bonds is 4. The van der Waals surface area contributed by atoms with Gasteiger partial charge >= 0.3 is 5.97 Å². The van der Waals surface area contributed by atoms with Crippen molar-refractivity contribution in [2.24, 2.45) is 0 Å². The highest BCUT2D eigenvalue weighted by Gasteiger charge is 2.32. The number of fused-ring (bicyclic) bond motifs is 1. The van der Waals surface area contributed by atoms with E-state index in [0.717, 1.165) is 0 Å². The summed E-state index contributed by atoms with van der Waals surface area (Å²) in [5.74, 6) is -1.73. The molecule has 1 heterocycles. The number of aliphatic carboxylic acids is 1. The molecule has 0 radical (unpaired) electrons. The van der Waals surface area contributed by atoms with Crippen molar-refractivity contribution < 1.29 is 23.8 Å². The maximum atomic E-state index is 13.5. The van der Waals surface area contributed by atoms with E-state index in [9.17, 15) is 19.1 Å². The second-order valence-electron chi connectivity index (χ2n) is 5.92. The van der Waals surface area contributed by atoms with E-state index in [1.54, 1.807) is 29.2 Å². The van der Waals surface area contributed by atoms with Crippen LogP contribution in [0.15, 0.2) is 42.5 Å². The zero-order chi connectivity index (χ0) is 18.0. The van der Waals surface area contributed by atoms with E-state index in [-0.39, 0.29) is 12.3 Å². The zero-order valence-electron chi connectivity index (χ0n) is 13.7. The summed E-state index contributed by atoms with van der Waals surface area (Å²) in [4.78, 5) is 25.8. The number of halogens is 1. The Labute approximate surface area is 144 Å². The number of carboxylic acids is 1. The molecule has 0 bridgehead atoms. The van der Waals surface area contributed by atoms with E-state index in [4.69, 9.17) is 4.74 Å². The second kappa shape index (κ2) is 6.93. The number of carbonyl (C=O) groups excluding carboxylic acids is 1. The predicted molar refractivity (Wildman–Crippen MR) is 90.4 cm³/mol. The summed E-state index contributed by atoms with van der Waals surface area (Å²) in [6.07, 6.45) is 0.325. The minimum Gasteiger partial charge on any atom is -0.496 e. The number of carbonyl (C=O) groups is 2. The topological polar surface area (TPSA) is 66.8 Å². The first-order chi connectivity index (χ1) is 12.0. The lowest BCUT2D eigenvalue weighted by Gasteiger charge is -2.32. The van der Waals surface area contributed by atoms with Crippen LogP contribution in [-0.2, 0) is 16.0 Å². The molecule has 0 aliphatic carbocycles. The monoisotopic (exact) mass is 343 g/mol. The number of carboxylic acid groups (broad SMARTS) is 1. The minimum atomic E-state index is -0.897. The number of benzene rings is 2. The van der Waals surface area contributed by atoms with Gasteiger partial charge in [-0.05, 0) is 36.2 Å². The van der Waals surface area contributed by atoms with Crippen LogP contribution in [0.5, 0.6) is 5.75 Å². The summed E-state index contributed by atoms with van der Waals surface area (Å²) in [5.41, 5.74) is 1.69. The lowest BCUT2D eigenvalue weighted by atomic mass is 9.89. The summed E-state index contributed by atoms with van der Waals surface area (Å²) >= 11 is 0. The van der Waals surface area contributed by atoms with Crippen LogP contribution in [0.2, 0.25) is 0 Å². The number of amides is 1. The van der Waals surface area contributed by atoms with Gasteiger partial charge in [-0.1, -0.05) is 18.2 Å². The quantitative estimate of drug-likeness (QED) is 0.927. The van der Waals surface area contributed by atoms with E-state index in [0.29, 0.717) is 35.5 Å². The molecule has 1 N–H and O–H groups in total. The molecule has 2 aromatic rings. The maximum Gasteiger partial charge on any atom is 0.311 e. The molecular weight excluding hydrogens is 325 g/mol. The average Bonchev–Trinajstić information content (AvgIpc) is 2.60. The van der Waals surface area contributed by atoms with Crippen molar-refractivity contribution in [2.45, 2.75) is 18.8 Å². The molecule has 0 saturated carbocycles. The minimum absolute atomic E-state index is 0.0208. The first kappa shape index (κ1) is 17.0. The van der Waals surface area contributed by atoms with Crippen molar-refractivity contribution >= 4 is 17.6 Å². The third kappa shape index (κ3) is 3.33. The maximum absolute atomic E-state index is 13.5. The standard InChI is InChI=1S/C19H18FNO4/c1-25-17-7-6-13(20)10-12(17)11-18(22)21-9-8-15(19(23)24)14-4-2-3-5-16(14)21/h2-7,10,15H,8-9,11H2,1H3,(H,23,24). The lowest BCUT2D eigenvalue weighted by Crippen LogP contribution is -2.39. The highest BCUT2D eigenvalue weighted by molar-refractivity contribution is 5.97. The molecule has 1 amide bonds. The molecule has 1 unspecified atom stereocenters. The SMILES string of the molecule is COc1ccc(F)cc1CC(=O)N1CCC(C(=O)O)c2ccccc21. The summed E-state index contributed by atoms with van der Waals surface area (Å²) in [5, 5.41) is 9.38. The van der Waals surface area contributed by atoms with Gasteiger partial charge in [-0.15, -0.1) is 0 Å². The molecular formula is C19H18FNO4. The first-order valence-corrected chi connectivity index (χ1v) is 7.95. The molecule has 6 heteroatoms. The van der Waals surface area contributed by atoms with Crippen LogP contribution in [-0.4, -0.2) is 30.6 Å². The average molecular weight is 343 g/mol. The molecule has 25 heavy (non-hydrogen) atoms. The van der Waals surface area contributed by atoms with Crippen molar-refractivity contribution in [2.75, 3.05) is 18.6 Å². The van der Waals surface area contributed by atoms with Gasteiger partial charge in [0.2, 0.25) is 5.91 Å². The van der Waals surface area contributed by atoms with Crippen molar-refractivity contribution in [1.82, 2.24) is 0 Å². The van der Waals surface area contributed by atoms with Gasteiger partial charge in [0.1, 0.15) is 11.6 Å². The molecule has 5 nitrogen and oxygen atoms in total. The highest BCUT2D eigenvalue weighted by atomic mass is 19.1. The van der Waals surface area contributed by atoms with Crippen molar-refractivity contribution in [1.29, 1.82) is 0 Å². The fourth-order valence-electron chi connectivity index (χ4n) is 3.22. The molecule has 0 aromatic heterocycles. The fraction of sp³-hybridized carbons (Fsp3) is 0.263. The second-order valence-corrected chi connectivity index (χ2v) is 5.92. The molecule has 1 atom stereocenters. The Kier molecular flexibility index (Phi) is 4.70. The molecule has 1 aliphatic heterocycles. The van der Waals surface area contributed by atoms with Crippen LogP contribution in [0.3, 0.4) is 0 Å². The normalized spacial score (nSPS) is 16.2. The molecule has 2 aromatic carbocycles. The van der Waals surface area contributed by atoms with E-state index in [1.165, 1.54) is 25.3 Å². The third-order valence-electron chi connectivity index (χ3n) is 4.43. The summed E-state index contributed by atoms with van der Waals surface area (Å²) in [7, 11) is 1.47.